The number of H-pyrrole nitrogens is 1. The molecular weight excluding hydrogens is 326 g/mol. The molecule has 0 atom stereocenters. The van der Waals surface area contributed by atoms with Gasteiger partial charge in [0.15, 0.2) is 0 Å². The summed E-state index contributed by atoms with van der Waals surface area (Å²) in [6.45, 7) is 4.00. The normalized spacial score (nSPS) is 9.35. The number of benzene rings is 1. The Labute approximate surface area is 124 Å². The van der Waals surface area contributed by atoms with E-state index in [9.17, 15) is 9.59 Å². The van der Waals surface area contributed by atoms with Crippen LogP contribution >= 0.6 is 15.9 Å². The third kappa shape index (κ3) is 4.20. The third-order valence-electron chi connectivity index (χ3n) is 2.15. The van der Waals surface area contributed by atoms with Crippen LogP contribution in [0.4, 0.5) is 11.6 Å². The van der Waals surface area contributed by atoms with Crippen molar-refractivity contribution in [3.8, 4) is 0 Å². The molecule has 2 aromatic rings. The summed E-state index contributed by atoms with van der Waals surface area (Å²) in [5.41, 5.74) is 0.526. The van der Waals surface area contributed by atoms with Gasteiger partial charge in [0.05, 0.1) is 11.8 Å². The van der Waals surface area contributed by atoms with Crippen LogP contribution in [0.3, 0.4) is 0 Å². The fraction of sp³-hybridized carbons (Fsp3) is 0.154. The molecule has 20 heavy (non-hydrogen) atoms. The number of halogens is 1. The van der Waals surface area contributed by atoms with Crippen molar-refractivity contribution in [3.63, 3.8) is 0 Å². The van der Waals surface area contributed by atoms with Gasteiger partial charge < -0.3 is 10.4 Å². The van der Waals surface area contributed by atoms with Crippen molar-refractivity contribution in [1.29, 1.82) is 0 Å². The first-order chi connectivity index (χ1) is 9.56. The maximum atomic E-state index is 11.3. The molecule has 0 amide bonds. The van der Waals surface area contributed by atoms with E-state index in [1.54, 1.807) is 12.1 Å². The Morgan fingerprint density at radius 1 is 1.30 bits per heavy atom. The molecule has 0 aliphatic heterocycles. The smallest absolute Gasteiger partial charge is 0.335 e. The lowest BCUT2D eigenvalue weighted by molar-refractivity contribution is 0.0697. The van der Waals surface area contributed by atoms with Crippen molar-refractivity contribution in [2.45, 2.75) is 13.8 Å². The molecule has 0 bridgehead atoms. The minimum absolute atomic E-state index is 0.192. The first kappa shape index (κ1) is 15.9. The summed E-state index contributed by atoms with van der Waals surface area (Å²) in [4.78, 5) is 28.5. The van der Waals surface area contributed by atoms with Gasteiger partial charge in [0.1, 0.15) is 4.47 Å². The van der Waals surface area contributed by atoms with E-state index in [1.807, 2.05) is 13.8 Å². The predicted octanol–water partition coefficient (Wildman–Crippen LogP) is 3.00. The number of hydrogen-bond donors (Lipinski definition) is 3. The summed E-state index contributed by atoms with van der Waals surface area (Å²) in [7, 11) is 0. The first-order valence-corrected chi connectivity index (χ1v) is 6.71. The highest BCUT2D eigenvalue weighted by Gasteiger charge is 2.03. The minimum Gasteiger partial charge on any atom is -0.478 e. The quantitative estimate of drug-likeness (QED) is 0.798. The number of carbonyl (C=O) groups is 1. The topological polar surface area (TPSA) is 95.1 Å². The lowest BCUT2D eigenvalue weighted by atomic mass is 10.2. The average molecular weight is 340 g/mol. The van der Waals surface area contributed by atoms with Crippen LogP contribution in [0, 0.1) is 0 Å². The molecule has 106 valence electrons. The molecule has 0 saturated carbocycles. The maximum Gasteiger partial charge on any atom is 0.335 e. The Morgan fingerprint density at radius 3 is 2.40 bits per heavy atom. The number of aromatic nitrogens is 2. The van der Waals surface area contributed by atoms with Crippen molar-refractivity contribution in [1.82, 2.24) is 9.97 Å². The number of rotatable bonds is 3. The van der Waals surface area contributed by atoms with Crippen molar-refractivity contribution in [3.05, 3.63) is 50.9 Å². The fourth-order valence-corrected chi connectivity index (χ4v) is 1.48. The van der Waals surface area contributed by atoms with Crippen LogP contribution in [0.5, 0.6) is 0 Å². The van der Waals surface area contributed by atoms with Gasteiger partial charge in [0.25, 0.3) is 5.56 Å². The number of nitrogens with zero attached hydrogens (tertiary/aromatic N) is 1. The number of hydrogen-bond acceptors (Lipinski definition) is 4. The zero-order valence-electron chi connectivity index (χ0n) is 11.0. The first-order valence-electron chi connectivity index (χ1n) is 5.91. The number of aromatic carboxylic acids is 1. The Kier molecular flexibility index (Phi) is 5.92. The zero-order chi connectivity index (χ0) is 15.1. The second kappa shape index (κ2) is 7.44. The second-order valence-electron chi connectivity index (χ2n) is 3.42. The van der Waals surface area contributed by atoms with Crippen molar-refractivity contribution < 1.29 is 9.90 Å². The van der Waals surface area contributed by atoms with Gasteiger partial charge in [0, 0.05) is 5.69 Å². The molecule has 0 aliphatic rings. The number of aromatic amines is 1. The maximum absolute atomic E-state index is 11.3. The molecule has 0 radical (unpaired) electrons. The molecule has 0 saturated heterocycles. The van der Waals surface area contributed by atoms with E-state index in [4.69, 9.17) is 5.11 Å². The molecule has 1 heterocycles. The van der Waals surface area contributed by atoms with E-state index in [0.717, 1.165) is 0 Å². The summed E-state index contributed by atoms with van der Waals surface area (Å²) in [6, 6.07) is 6.10. The average Bonchev–Trinajstić information content (AvgIpc) is 2.46. The number of carboxylic acids is 1. The molecule has 1 aromatic carbocycles. The van der Waals surface area contributed by atoms with Gasteiger partial charge in [-0.25, -0.2) is 9.78 Å². The SMILES string of the molecule is CC.O=C(O)c1ccc(Nc2ncc(Br)c(=O)[nH]2)cc1. The lowest BCUT2D eigenvalue weighted by Gasteiger charge is -2.05. The van der Waals surface area contributed by atoms with Crippen molar-refractivity contribution in [2.24, 2.45) is 0 Å². The molecule has 0 fully saturated rings. The highest BCUT2D eigenvalue weighted by Crippen LogP contribution is 2.13. The number of anilines is 2. The van der Waals surface area contributed by atoms with E-state index < -0.39 is 5.97 Å². The van der Waals surface area contributed by atoms with E-state index in [-0.39, 0.29) is 17.1 Å². The second-order valence-corrected chi connectivity index (χ2v) is 4.27. The largest absolute Gasteiger partial charge is 0.478 e. The van der Waals surface area contributed by atoms with Crippen LogP contribution in [0.2, 0.25) is 0 Å². The molecule has 0 unspecified atom stereocenters. The van der Waals surface area contributed by atoms with Gasteiger partial charge in [0.2, 0.25) is 5.95 Å². The van der Waals surface area contributed by atoms with Gasteiger partial charge >= 0.3 is 5.97 Å². The Morgan fingerprint density at radius 2 is 1.90 bits per heavy atom. The third-order valence-corrected chi connectivity index (χ3v) is 2.72. The number of carboxylic acid groups (broad SMARTS) is 1. The molecule has 7 heteroatoms. The lowest BCUT2D eigenvalue weighted by Crippen LogP contribution is -2.10. The molecule has 3 N–H and O–H groups in total. The molecule has 2 rings (SSSR count). The molecule has 0 aliphatic carbocycles. The summed E-state index contributed by atoms with van der Waals surface area (Å²) in [5.74, 6) is -0.706. The summed E-state index contributed by atoms with van der Waals surface area (Å²) < 4.78 is 0.342. The van der Waals surface area contributed by atoms with Gasteiger partial charge in [-0.2, -0.15) is 0 Å². The number of nitrogens with one attached hydrogen (secondary N) is 2. The highest BCUT2D eigenvalue weighted by atomic mass is 79.9. The Hall–Kier alpha value is -2.15. The van der Waals surface area contributed by atoms with Crippen LogP contribution in [0.25, 0.3) is 0 Å². The fourth-order valence-electron chi connectivity index (χ4n) is 1.28. The highest BCUT2D eigenvalue weighted by molar-refractivity contribution is 9.10. The van der Waals surface area contributed by atoms with Crippen LogP contribution in [0.1, 0.15) is 24.2 Å². The van der Waals surface area contributed by atoms with Gasteiger partial charge in [-0.3, -0.25) is 9.78 Å². The van der Waals surface area contributed by atoms with Crippen LogP contribution < -0.4 is 10.9 Å². The summed E-state index contributed by atoms with van der Waals surface area (Å²) in [6.07, 6.45) is 1.38. The monoisotopic (exact) mass is 339 g/mol. The molecular formula is C13H14BrN3O3. The van der Waals surface area contributed by atoms with Gasteiger partial charge in [-0.05, 0) is 40.2 Å². The molecule has 1 aromatic heterocycles. The van der Waals surface area contributed by atoms with Gasteiger partial charge in [-0.15, -0.1) is 0 Å². The standard InChI is InChI=1S/C11H8BrN3O3.C2H6/c12-8-5-13-11(15-9(8)16)14-7-3-1-6(2-4-7)10(17)18;1-2/h1-5H,(H,17,18)(H2,13,14,15,16);1-2H3. The van der Waals surface area contributed by atoms with E-state index >= 15 is 0 Å². The van der Waals surface area contributed by atoms with E-state index in [2.05, 4.69) is 31.2 Å². The Balaban J connectivity index is 0.000000956. The van der Waals surface area contributed by atoms with E-state index in [0.29, 0.717) is 10.2 Å². The predicted molar refractivity (Wildman–Crippen MR) is 80.6 cm³/mol. The molecule has 6 nitrogen and oxygen atoms in total. The van der Waals surface area contributed by atoms with Crippen molar-refractivity contribution in [2.75, 3.05) is 5.32 Å². The zero-order valence-corrected chi connectivity index (χ0v) is 12.6. The Bertz CT molecular complexity index is 638. The van der Waals surface area contributed by atoms with Crippen LogP contribution in [-0.4, -0.2) is 21.0 Å². The van der Waals surface area contributed by atoms with Crippen LogP contribution in [0.15, 0.2) is 39.7 Å². The van der Waals surface area contributed by atoms with Gasteiger partial charge in [-0.1, -0.05) is 13.8 Å². The molecule has 0 spiro atoms. The van der Waals surface area contributed by atoms with Crippen molar-refractivity contribution >= 4 is 33.5 Å². The summed E-state index contributed by atoms with van der Waals surface area (Å²) in [5, 5.41) is 11.6. The van der Waals surface area contributed by atoms with E-state index in [1.165, 1.54) is 18.3 Å². The summed E-state index contributed by atoms with van der Waals surface area (Å²) >= 11 is 3.04. The van der Waals surface area contributed by atoms with Crippen LogP contribution in [-0.2, 0) is 0 Å². The minimum atomic E-state index is -0.989.